The first kappa shape index (κ1) is 13.3. The molecule has 1 aromatic heterocycles. The largest absolute Gasteiger partial charge is 0.351 e. The molecule has 2 rings (SSSR count). The van der Waals surface area contributed by atoms with Crippen molar-refractivity contribution in [1.29, 1.82) is 0 Å². The maximum Gasteiger partial charge on any atom is 0.261 e. The average Bonchev–Trinajstić information content (AvgIpc) is 2.82. The van der Waals surface area contributed by atoms with Crippen LogP contribution >= 0.6 is 27.3 Å². The van der Waals surface area contributed by atoms with Crippen molar-refractivity contribution >= 4 is 33.2 Å². The summed E-state index contributed by atoms with van der Waals surface area (Å²) in [6.07, 6.45) is 1.96. The first-order valence-corrected chi connectivity index (χ1v) is 7.44. The lowest BCUT2D eigenvalue weighted by atomic mass is 10.1. The molecule has 0 saturated heterocycles. The molecule has 1 N–H and O–H groups in total. The zero-order chi connectivity index (χ0) is 12.8. The predicted molar refractivity (Wildman–Crippen MR) is 79.1 cm³/mol. The van der Waals surface area contributed by atoms with Crippen molar-refractivity contribution in [3.8, 4) is 0 Å². The van der Waals surface area contributed by atoms with Crippen molar-refractivity contribution in [2.75, 3.05) is 6.54 Å². The van der Waals surface area contributed by atoms with Crippen molar-refractivity contribution in [3.63, 3.8) is 0 Å². The summed E-state index contributed by atoms with van der Waals surface area (Å²) >= 11 is 4.81. The van der Waals surface area contributed by atoms with E-state index in [1.54, 1.807) is 0 Å². The van der Waals surface area contributed by atoms with E-state index in [0.717, 1.165) is 21.5 Å². The summed E-state index contributed by atoms with van der Waals surface area (Å²) in [4.78, 5) is 12.5. The molecule has 0 saturated carbocycles. The van der Waals surface area contributed by atoms with Gasteiger partial charge in [0, 0.05) is 6.54 Å². The molecular formula is C14H14BrNOS. The van der Waals surface area contributed by atoms with Crippen molar-refractivity contribution < 1.29 is 4.79 Å². The van der Waals surface area contributed by atoms with Gasteiger partial charge < -0.3 is 5.32 Å². The molecule has 1 aromatic carbocycles. The van der Waals surface area contributed by atoms with Crippen LogP contribution in [0.2, 0.25) is 0 Å². The minimum atomic E-state index is 0.0127. The number of benzene rings is 1. The molecule has 0 spiro atoms. The van der Waals surface area contributed by atoms with Crippen LogP contribution in [0, 0.1) is 0 Å². The molecule has 4 heteroatoms. The third-order valence-corrected chi connectivity index (χ3v) is 4.19. The molecule has 1 heterocycles. The first-order valence-electron chi connectivity index (χ1n) is 5.83. The van der Waals surface area contributed by atoms with E-state index in [4.69, 9.17) is 0 Å². The topological polar surface area (TPSA) is 29.1 Å². The molecule has 0 unspecified atom stereocenters. The van der Waals surface area contributed by atoms with E-state index < -0.39 is 0 Å². The summed E-state index contributed by atoms with van der Waals surface area (Å²) in [5.74, 6) is 0.0127. The zero-order valence-electron chi connectivity index (χ0n) is 9.86. The van der Waals surface area contributed by atoms with Crippen LogP contribution in [0.15, 0.2) is 46.3 Å². The minimum Gasteiger partial charge on any atom is -0.351 e. The molecule has 94 valence electrons. The van der Waals surface area contributed by atoms with Crippen LogP contribution in [0.5, 0.6) is 0 Å². The lowest BCUT2D eigenvalue weighted by Crippen LogP contribution is -2.23. The Hall–Kier alpha value is -1.13. The summed E-state index contributed by atoms with van der Waals surface area (Å²) in [6.45, 7) is 0.712. The van der Waals surface area contributed by atoms with Crippen LogP contribution < -0.4 is 5.32 Å². The van der Waals surface area contributed by atoms with Crippen molar-refractivity contribution in [2.45, 2.75) is 12.8 Å². The predicted octanol–water partition coefficient (Wildman–Crippen LogP) is 3.87. The van der Waals surface area contributed by atoms with Gasteiger partial charge in [-0.05, 0) is 46.5 Å². The van der Waals surface area contributed by atoms with E-state index in [2.05, 4.69) is 33.4 Å². The summed E-state index contributed by atoms with van der Waals surface area (Å²) < 4.78 is 0.983. The van der Waals surface area contributed by atoms with Gasteiger partial charge in [0.1, 0.15) is 0 Å². The SMILES string of the molecule is O=C(NCCCc1ccccc1)c1ccc(Br)s1. The molecule has 0 fully saturated rings. The minimum absolute atomic E-state index is 0.0127. The Morgan fingerprint density at radius 3 is 2.61 bits per heavy atom. The molecular weight excluding hydrogens is 310 g/mol. The third-order valence-electron chi connectivity index (χ3n) is 2.57. The molecule has 0 radical (unpaired) electrons. The van der Waals surface area contributed by atoms with Gasteiger partial charge in [0.2, 0.25) is 0 Å². The van der Waals surface area contributed by atoms with Crippen LogP contribution in [0.1, 0.15) is 21.7 Å². The Kier molecular flexibility index (Phi) is 4.96. The number of nitrogens with one attached hydrogen (secondary N) is 1. The summed E-state index contributed by atoms with van der Waals surface area (Å²) in [6, 6.07) is 14.0. The van der Waals surface area contributed by atoms with Crippen molar-refractivity contribution in [3.05, 3.63) is 56.7 Å². The Balaban J connectivity index is 1.71. The number of rotatable bonds is 5. The van der Waals surface area contributed by atoms with Gasteiger partial charge in [0.05, 0.1) is 8.66 Å². The van der Waals surface area contributed by atoms with E-state index in [9.17, 15) is 4.79 Å². The second-order valence-electron chi connectivity index (χ2n) is 3.95. The smallest absolute Gasteiger partial charge is 0.261 e. The van der Waals surface area contributed by atoms with E-state index in [1.165, 1.54) is 16.9 Å². The second kappa shape index (κ2) is 6.71. The van der Waals surface area contributed by atoms with Crippen LogP contribution in [0.25, 0.3) is 0 Å². The molecule has 0 atom stereocenters. The number of hydrogen-bond acceptors (Lipinski definition) is 2. The van der Waals surface area contributed by atoms with Gasteiger partial charge in [-0.3, -0.25) is 4.79 Å². The van der Waals surface area contributed by atoms with Crippen molar-refractivity contribution in [1.82, 2.24) is 5.32 Å². The van der Waals surface area contributed by atoms with Gasteiger partial charge >= 0.3 is 0 Å². The summed E-state index contributed by atoms with van der Waals surface area (Å²) in [5, 5.41) is 2.93. The quantitative estimate of drug-likeness (QED) is 0.831. The molecule has 0 bridgehead atoms. The Bertz CT molecular complexity index is 510. The number of hydrogen-bond donors (Lipinski definition) is 1. The summed E-state index contributed by atoms with van der Waals surface area (Å²) in [7, 11) is 0. The van der Waals surface area contributed by atoms with Crippen molar-refractivity contribution in [2.24, 2.45) is 0 Å². The van der Waals surface area contributed by atoms with Gasteiger partial charge in [0.25, 0.3) is 5.91 Å². The van der Waals surface area contributed by atoms with E-state index in [1.807, 2.05) is 30.3 Å². The van der Waals surface area contributed by atoms with Crippen LogP contribution in [0.4, 0.5) is 0 Å². The van der Waals surface area contributed by atoms with Crippen LogP contribution in [-0.2, 0) is 6.42 Å². The highest BCUT2D eigenvalue weighted by Crippen LogP contribution is 2.21. The highest BCUT2D eigenvalue weighted by atomic mass is 79.9. The summed E-state index contributed by atoms with van der Waals surface area (Å²) in [5.41, 5.74) is 1.31. The second-order valence-corrected chi connectivity index (χ2v) is 6.41. The van der Waals surface area contributed by atoms with Crippen LogP contribution in [-0.4, -0.2) is 12.5 Å². The molecule has 0 aliphatic rings. The van der Waals surface area contributed by atoms with E-state index >= 15 is 0 Å². The molecule has 2 nitrogen and oxygen atoms in total. The lowest BCUT2D eigenvalue weighted by molar-refractivity contribution is 0.0957. The molecule has 18 heavy (non-hydrogen) atoms. The Morgan fingerprint density at radius 2 is 1.94 bits per heavy atom. The molecule has 0 aliphatic carbocycles. The number of halogens is 1. The number of carbonyl (C=O) groups is 1. The Labute approximate surface area is 119 Å². The van der Waals surface area contributed by atoms with Gasteiger partial charge in [-0.1, -0.05) is 30.3 Å². The molecule has 0 aliphatic heterocycles. The number of carbonyl (C=O) groups excluding carboxylic acids is 1. The number of thiophene rings is 1. The monoisotopic (exact) mass is 323 g/mol. The van der Waals surface area contributed by atoms with Crippen LogP contribution in [0.3, 0.4) is 0 Å². The van der Waals surface area contributed by atoms with Gasteiger partial charge in [-0.15, -0.1) is 11.3 Å². The normalized spacial score (nSPS) is 10.3. The Morgan fingerprint density at radius 1 is 1.17 bits per heavy atom. The third kappa shape index (κ3) is 3.96. The molecule has 2 aromatic rings. The average molecular weight is 324 g/mol. The molecule has 1 amide bonds. The van der Waals surface area contributed by atoms with Gasteiger partial charge in [0.15, 0.2) is 0 Å². The fourth-order valence-corrected chi connectivity index (χ4v) is 2.97. The van der Waals surface area contributed by atoms with E-state index in [0.29, 0.717) is 6.54 Å². The first-order chi connectivity index (χ1) is 8.75. The van der Waals surface area contributed by atoms with Gasteiger partial charge in [-0.25, -0.2) is 0 Å². The lowest BCUT2D eigenvalue weighted by Gasteiger charge is -2.03. The zero-order valence-corrected chi connectivity index (χ0v) is 12.3. The van der Waals surface area contributed by atoms with E-state index in [-0.39, 0.29) is 5.91 Å². The maximum absolute atomic E-state index is 11.7. The fourth-order valence-electron chi connectivity index (χ4n) is 1.66. The number of aryl methyl sites for hydroxylation is 1. The van der Waals surface area contributed by atoms with Gasteiger partial charge in [-0.2, -0.15) is 0 Å². The highest BCUT2D eigenvalue weighted by Gasteiger charge is 2.07. The maximum atomic E-state index is 11.7. The standard InChI is InChI=1S/C14H14BrNOS/c15-13-9-8-12(18-13)14(17)16-10-4-7-11-5-2-1-3-6-11/h1-3,5-6,8-9H,4,7,10H2,(H,16,17). The number of amides is 1. The highest BCUT2D eigenvalue weighted by molar-refractivity contribution is 9.11. The fraction of sp³-hybridized carbons (Fsp3) is 0.214.